The van der Waals surface area contributed by atoms with Gasteiger partial charge in [0.1, 0.15) is 5.82 Å². The van der Waals surface area contributed by atoms with Crippen molar-refractivity contribution >= 4 is 34.8 Å². The van der Waals surface area contributed by atoms with Gasteiger partial charge in [-0.05, 0) is 42.7 Å². The Hall–Kier alpha value is -2.11. The van der Waals surface area contributed by atoms with Crippen LogP contribution in [0.25, 0.3) is 0 Å². The van der Waals surface area contributed by atoms with Gasteiger partial charge >= 0.3 is 0 Å². The Kier molecular flexibility index (Phi) is 5.56. The lowest BCUT2D eigenvalue weighted by Crippen LogP contribution is -2.38. The minimum absolute atomic E-state index is 0.0947. The molecule has 0 aromatic heterocycles. The van der Waals surface area contributed by atoms with E-state index in [1.165, 1.54) is 12.1 Å². The van der Waals surface area contributed by atoms with Crippen LogP contribution in [0.5, 0.6) is 0 Å². The highest BCUT2D eigenvalue weighted by Crippen LogP contribution is 2.32. The molecule has 146 valence electrons. The van der Waals surface area contributed by atoms with Gasteiger partial charge in [-0.1, -0.05) is 46.6 Å². The van der Waals surface area contributed by atoms with E-state index in [0.29, 0.717) is 29.6 Å². The molecule has 1 amide bonds. The van der Waals surface area contributed by atoms with Crippen LogP contribution in [0.3, 0.4) is 0 Å². The van der Waals surface area contributed by atoms with Gasteiger partial charge in [0.05, 0.1) is 22.3 Å². The molecule has 0 saturated heterocycles. The lowest BCUT2D eigenvalue weighted by atomic mass is 10.0. The summed E-state index contributed by atoms with van der Waals surface area (Å²) in [7, 11) is 0. The van der Waals surface area contributed by atoms with Gasteiger partial charge in [-0.25, -0.2) is 4.39 Å². The Morgan fingerprint density at radius 1 is 1.14 bits per heavy atom. The number of carbonyl (C=O) groups excluding carboxylic acids is 1. The van der Waals surface area contributed by atoms with E-state index in [-0.39, 0.29) is 23.7 Å². The van der Waals surface area contributed by atoms with E-state index in [1.54, 1.807) is 29.2 Å². The molecule has 0 spiro atoms. The Balaban J connectivity index is 1.43. The van der Waals surface area contributed by atoms with Crippen LogP contribution < -0.4 is 0 Å². The standard InChI is InChI=1S/C21H19Cl2FN2O2/c22-18-8-5-15(9-19(18)23)20-10-17(28-25-20)12-26(21(27)14-3-4-14)11-13-1-6-16(24)7-2-13/h1-2,5-9,14,17H,3-4,10-12H2/t17-/m1/s1. The summed E-state index contributed by atoms with van der Waals surface area (Å²) in [5, 5.41) is 5.13. The highest BCUT2D eigenvalue weighted by atomic mass is 35.5. The van der Waals surface area contributed by atoms with Crippen LogP contribution in [0, 0.1) is 11.7 Å². The van der Waals surface area contributed by atoms with E-state index < -0.39 is 0 Å². The van der Waals surface area contributed by atoms with Crippen LogP contribution in [0.1, 0.15) is 30.4 Å². The highest BCUT2D eigenvalue weighted by molar-refractivity contribution is 6.42. The van der Waals surface area contributed by atoms with Crippen molar-refractivity contribution in [1.29, 1.82) is 0 Å². The second kappa shape index (κ2) is 8.10. The molecular formula is C21H19Cl2FN2O2. The van der Waals surface area contributed by atoms with E-state index >= 15 is 0 Å². The van der Waals surface area contributed by atoms with E-state index in [2.05, 4.69) is 5.16 Å². The smallest absolute Gasteiger partial charge is 0.226 e. The molecule has 7 heteroatoms. The van der Waals surface area contributed by atoms with Gasteiger partial charge in [-0.3, -0.25) is 4.79 Å². The molecule has 28 heavy (non-hydrogen) atoms. The van der Waals surface area contributed by atoms with Crippen molar-refractivity contribution in [2.24, 2.45) is 11.1 Å². The molecule has 1 saturated carbocycles. The molecule has 0 N–H and O–H groups in total. The molecule has 0 unspecified atom stereocenters. The maximum absolute atomic E-state index is 13.2. The second-order valence-electron chi connectivity index (χ2n) is 7.22. The minimum atomic E-state index is -0.289. The van der Waals surface area contributed by atoms with E-state index in [9.17, 15) is 9.18 Å². The Labute approximate surface area is 172 Å². The zero-order chi connectivity index (χ0) is 19.7. The maximum atomic E-state index is 13.2. The number of halogens is 3. The van der Waals surface area contributed by atoms with Crippen LogP contribution in [0.15, 0.2) is 47.6 Å². The summed E-state index contributed by atoms with van der Waals surface area (Å²) in [6, 6.07) is 11.6. The first-order valence-electron chi connectivity index (χ1n) is 9.21. The summed E-state index contributed by atoms with van der Waals surface area (Å²) in [4.78, 5) is 20.1. The van der Waals surface area contributed by atoms with Gasteiger partial charge < -0.3 is 9.74 Å². The van der Waals surface area contributed by atoms with Gasteiger partial charge in [0.25, 0.3) is 0 Å². The molecule has 1 aliphatic heterocycles. The van der Waals surface area contributed by atoms with E-state index in [1.807, 2.05) is 6.07 Å². The van der Waals surface area contributed by atoms with Gasteiger partial charge in [-0.2, -0.15) is 0 Å². The second-order valence-corrected chi connectivity index (χ2v) is 8.03. The first kappa shape index (κ1) is 19.2. The summed E-state index contributed by atoms with van der Waals surface area (Å²) >= 11 is 12.1. The Morgan fingerprint density at radius 3 is 2.57 bits per heavy atom. The molecule has 1 heterocycles. The number of nitrogens with zero attached hydrogens (tertiary/aromatic N) is 2. The van der Waals surface area contributed by atoms with Crippen molar-refractivity contribution in [3.05, 3.63) is 69.5 Å². The molecule has 4 rings (SSSR count). The lowest BCUT2D eigenvalue weighted by molar-refractivity contribution is -0.135. The van der Waals surface area contributed by atoms with Crippen molar-refractivity contribution in [1.82, 2.24) is 4.90 Å². The third-order valence-electron chi connectivity index (χ3n) is 4.93. The summed E-state index contributed by atoms with van der Waals surface area (Å²) in [6.45, 7) is 0.860. The highest BCUT2D eigenvalue weighted by Gasteiger charge is 2.35. The quantitative estimate of drug-likeness (QED) is 0.654. The van der Waals surface area contributed by atoms with Gasteiger partial charge in [-0.15, -0.1) is 0 Å². The number of carbonyl (C=O) groups is 1. The maximum Gasteiger partial charge on any atom is 0.226 e. The lowest BCUT2D eigenvalue weighted by Gasteiger charge is -2.25. The zero-order valence-corrected chi connectivity index (χ0v) is 16.6. The fourth-order valence-corrected chi connectivity index (χ4v) is 3.55. The number of benzene rings is 2. The monoisotopic (exact) mass is 420 g/mol. The molecule has 0 bridgehead atoms. The summed E-state index contributed by atoms with van der Waals surface area (Å²) in [5.74, 6) is -0.0733. The van der Waals surface area contributed by atoms with Crippen LogP contribution in [0.4, 0.5) is 4.39 Å². The molecule has 1 aliphatic carbocycles. The number of amides is 1. The third-order valence-corrected chi connectivity index (χ3v) is 5.67. The largest absolute Gasteiger partial charge is 0.390 e. The van der Waals surface area contributed by atoms with Crippen molar-refractivity contribution in [3.63, 3.8) is 0 Å². The molecule has 2 aromatic carbocycles. The average Bonchev–Trinajstić information content (AvgIpc) is 3.43. The SMILES string of the molecule is O=C(C1CC1)N(Cc1ccc(F)cc1)C[C@H]1CC(c2ccc(Cl)c(Cl)c2)=NO1. The van der Waals surface area contributed by atoms with Crippen molar-refractivity contribution < 1.29 is 14.0 Å². The number of hydrogen-bond donors (Lipinski definition) is 0. The van der Waals surface area contributed by atoms with Crippen LogP contribution in [-0.2, 0) is 16.2 Å². The first-order chi connectivity index (χ1) is 13.5. The van der Waals surface area contributed by atoms with Crippen molar-refractivity contribution in [2.45, 2.75) is 31.9 Å². The zero-order valence-electron chi connectivity index (χ0n) is 15.1. The number of oxime groups is 1. The fraction of sp³-hybridized carbons (Fsp3) is 0.333. The normalized spacial score (nSPS) is 18.5. The average molecular weight is 421 g/mol. The summed E-state index contributed by atoms with van der Waals surface area (Å²) < 4.78 is 13.2. The van der Waals surface area contributed by atoms with Gasteiger partial charge in [0.2, 0.25) is 5.91 Å². The summed E-state index contributed by atoms with van der Waals surface area (Å²) in [6.07, 6.45) is 2.20. The molecule has 2 aromatic rings. The molecule has 4 nitrogen and oxygen atoms in total. The van der Waals surface area contributed by atoms with Gasteiger partial charge in [0, 0.05) is 24.4 Å². The van der Waals surface area contributed by atoms with Crippen LogP contribution in [0.2, 0.25) is 10.0 Å². The van der Waals surface area contributed by atoms with Crippen LogP contribution in [-0.4, -0.2) is 29.2 Å². The Bertz CT molecular complexity index is 913. The molecule has 1 atom stereocenters. The molecule has 0 radical (unpaired) electrons. The van der Waals surface area contributed by atoms with E-state index in [4.69, 9.17) is 28.0 Å². The topological polar surface area (TPSA) is 41.9 Å². The summed E-state index contributed by atoms with van der Waals surface area (Å²) in [5.41, 5.74) is 2.53. The molecule has 2 aliphatic rings. The fourth-order valence-electron chi connectivity index (χ4n) is 3.25. The minimum Gasteiger partial charge on any atom is -0.390 e. The van der Waals surface area contributed by atoms with Gasteiger partial charge in [0.15, 0.2) is 6.10 Å². The predicted octanol–water partition coefficient (Wildman–Crippen LogP) is 5.06. The van der Waals surface area contributed by atoms with Crippen molar-refractivity contribution in [3.8, 4) is 0 Å². The predicted molar refractivity (Wildman–Crippen MR) is 107 cm³/mol. The first-order valence-corrected chi connectivity index (χ1v) is 9.96. The number of hydrogen-bond acceptors (Lipinski definition) is 3. The van der Waals surface area contributed by atoms with E-state index in [0.717, 1.165) is 29.7 Å². The third kappa shape index (κ3) is 4.47. The molecular weight excluding hydrogens is 402 g/mol. The Morgan fingerprint density at radius 2 is 1.89 bits per heavy atom. The van der Waals surface area contributed by atoms with Crippen LogP contribution >= 0.6 is 23.2 Å². The molecule has 1 fully saturated rings. The number of rotatable bonds is 6. The van der Waals surface area contributed by atoms with Crippen molar-refractivity contribution in [2.75, 3.05) is 6.54 Å².